The molecular formula is C15H14ClN3O2. The van der Waals surface area contributed by atoms with Gasteiger partial charge in [-0.1, -0.05) is 23.7 Å². The summed E-state index contributed by atoms with van der Waals surface area (Å²) in [6, 6.07) is 5.82. The average molecular weight is 304 g/mol. The molecular weight excluding hydrogens is 290 g/mol. The molecule has 1 aromatic carbocycles. The predicted molar refractivity (Wildman–Crippen MR) is 83.3 cm³/mol. The van der Waals surface area contributed by atoms with E-state index in [4.69, 9.17) is 11.6 Å². The zero-order valence-corrected chi connectivity index (χ0v) is 12.7. The fraction of sp³-hybridized carbons (Fsp3) is 0.267. The molecule has 21 heavy (non-hydrogen) atoms. The van der Waals surface area contributed by atoms with Gasteiger partial charge < -0.3 is 4.57 Å². The second kappa shape index (κ2) is 4.70. The smallest absolute Gasteiger partial charge is 0.325 e. The largest absolute Gasteiger partial charge is 0.352 e. The molecule has 0 saturated carbocycles. The highest BCUT2D eigenvalue weighted by Gasteiger charge is 2.22. The second-order valence-electron chi connectivity index (χ2n) is 5.04. The molecule has 0 atom stereocenters. The molecule has 0 aliphatic carbocycles. The van der Waals surface area contributed by atoms with Crippen LogP contribution in [0.3, 0.4) is 0 Å². The Labute approximate surface area is 125 Å². The number of nitrogens with zero attached hydrogens (tertiary/aromatic N) is 3. The summed E-state index contributed by atoms with van der Waals surface area (Å²) >= 11 is 6.42. The van der Waals surface area contributed by atoms with Crippen LogP contribution in [-0.4, -0.2) is 14.1 Å². The zero-order chi connectivity index (χ0) is 15.3. The summed E-state index contributed by atoms with van der Waals surface area (Å²) in [5.74, 6) is 0.341. The van der Waals surface area contributed by atoms with Gasteiger partial charge in [0.15, 0.2) is 5.82 Å². The third-order valence-corrected chi connectivity index (χ3v) is 4.10. The lowest BCUT2D eigenvalue weighted by Crippen LogP contribution is -2.36. The predicted octanol–water partition coefficient (Wildman–Crippen LogP) is 2.18. The molecule has 2 aliphatic rings. The van der Waals surface area contributed by atoms with Gasteiger partial charge in [0.25, 0.3) is 5.56 Å². The Kier molecular flexibility index (Phi) is 3.10. The molecule has 0 N–H and O–H groups in total. The van der Waals surface area contributed by atoms with Gasteiger partial charge >= 0.3 is 5.69 Å². The van der Waals surface area contributed by atoms with Crippen LogP contribution in [0.25, 0.3) is 22.3 Å². The highest BCUT2D eigenvalue weighted by atomic mass is 35.5. The first-order valence-electron chi connectivity index (χ1n) is 6.65. The Balaban J connectivity index is 2.70. The van der Waals surface area contributed by atoms with Gasteiger partial charge in [-0.2, -0.15) is 4.98 Å². The number of fused-ring (bicyclic) bond motifs is 2. The Morgan fingerprint density at radius 3 is 2.67 bits per heavy atom. The third kappa shape index (κ3) is 1.88. The Morgan fingerprint density at radius 1 is 1.29 bits per heavy atom. The second-order valence-corrected chi connectivity index (χ2v) is 5.41. The maximum atomic E-state index is 12.4. The minimum absolute atomic E-state index is 0.289. The molecule has 108 valence electrons. The van der Waals surface area contributed by atoms with Crippen molar-refractivity contribution in [2.45, 2.75) is 20.4 Å². The van der Waals surface area contributed by atoms with E-state index in [-0.39, 0.29) is 5.56 Å². The van der Waals surface area contributed by atoms with E-state index in [9.17, 15) is 9.59 Å². The summed E-state index contributed by atoms with van der Waals surface area (Å²) in [5.41, 5.74) is 1.25. The van der Waals surface area contributed by atoms with Gasteiger partial charge in [0.1, 0.15) is 5.56 Å². The molecule has 2 heterocycles. The summed E-state index contributed by atoms with van der Waals surface area (Å²) in [6.45, 7) is 4.51. The molecule has 0 saturated heterocycles. The van der Waals surface area contributed by atoms with Crippen LogP contribution in [0.2, 0.25) is 5.02 Å². The molecule has 5 nitrogen and oxygen atoms in total. The third-order valence-electron chi connectivity index (χ3n) is 3.70. The highest BCUT2D eigenvalue weighted by Crippen LogP contribution is 2.33. The fourth-order valence-corrected chi connectivity index (χ4v) is 2.90. The van der Waals surface area contributed by atoms with Crippen molar-refractivity contribution >= 4 is 22.5 Å². The van der Waals surface area contributed by atoms with Crippen LogP contribution in [0.1, 0.15) is 12.5 Å². The van der Waals surface area contributed by atoms with Crippen molar-refractivity contribution in [2.24, 2.45) is 7.05 Å². The highest BCUT2D eigenvalue weighted by molar-refractivity contribution is 6.38. The first kappa shape index (κ1) is 13.8. The SMILES string of the molecule is CCn1c2nc(=O)n(C)c(=O)c-2c(Cl)c2ccc(C)cc21. The summed E-state index contributed by atoms with van der Waals surface area (Å²) < 4.78 is 2.83. The normalized spacial score (nSPS) is 11.4. The minimum atomic E-state index is -0.572. The van der Waals surface area contributed by atoms with Crippen LogP contribution in [0.15, 0.2) is 27.8 Å². The Hall–Kier alpha value is -2.14. The lowest BCUT2D eigenvalue weighted by Gasteiger charge is -2.18. The molecule has 0 fully saturated rings. The van der Waals surface area contributed by atoms with Crippen LogP contribution in [-0.2, 0) is 13.6 Å². The average Bonchev–Trinajstić information content (AvgIpc) is 2.45. The molecule has 3 rings (SSSR count). The molecule has 0 amide bonds. The first-order valence-corrected chi connectivity index (χ1v) is 7.03. The number of halogens is 1. The van der Waals surface area contributed by atoms with Gasteiger partial charge in [-0.05, 0) is 25.5 Å². The number of aromatic nitrogens is 3. The van der Waals surface area contributed by atoms with Crippen molar-refractivity contribution in [3.05, 3.63) is 49.6 Å². The van der Waals surface area contributed by atoms with E-state index in [0.717, 1.165) is 21.0 Å². The van der Waals surface area contributed by atoms with E-state index in [1.807, 2.05) is 36.6 Å². The summed E-state index contributed by atoms with van der Waals surface area (Å²) in [5, 5.41) is 1.13. The Bertz CT molecular complexity index is 956. The monoisotopic (exact) mass is 303 g/mol. The van der Waals surface area contributed by atoms with Gasteiger partial charge in [-0.15, -0.1) is 0 Å². The van der Waals surface area contributed by atoms with Gasteiger partial charge in [-0.3, -0.25) is 9.36 Å². The quantitative estimate of drug-likeness (QED) is 0.647. The maximum absolute atomic E-state index is 12.4. The van der Waals surface area contributed by atoms with Crippen LogP contribution in [0.4, 0.5) is 0 Å². The van der Waals surface area contributed by atoms with Crippen LogP contribution < -0.4 is 11.2 Å². The van der Waals surface area contributed by atoms with E-state index in [0.29, 0.717) is 17.4 Å². The van der Waals surface area contributed by atoms with Gasteiger partial charge in [0, 0.05) is 19.0 Å². The van der Waals surface area contributed by atoms with Crippen LogP contribution in [0, 0.1) is 6.92 Å². The van der Waals surface area contributed by atoms with E-state index in [2.05, 4.69) is 4.98 Å². The maximum Gasteiger partial charge on any atom is 0.352 e. The van der Waals surface area contributed by atoms with Crippen LogP contribution in [0.5, 0.6) is 0 Å². The minimum Gasteiger partial charge on any atom is -0.325 e. The van der Waals surface area contributed by atoms with Crippen molar-refractivity contribution in [3.8, 4) is 11.4 Å². The van der Waals surface area contributed by atoms with E-state index in [1.165, 1.54) is 7.05 Å². The molecule has 0 bridgehead atoms. The van der Waals surface area contributed by atoms with Gasteiger partial charge in [-0.25, -0.2) is 4.79 Å². The van der Waals surface area contributed by atoms with Crippen molar-refractivity contribution in [2.75, 3.05) is 0 Å². The fourth-order valence-electron chi connectivity index (χ4n) is 2.58. The van der Waals surface area contributed by atoms with Crippen molar-refractivity contribution in [1.29, 1.82) is 0 Å². The van der Waals surface area contributed by atoms with E-state index < -0.39 is 11.2 Å². The van der Waals surface area contributed by atoms with Crippen LogP contribution >= 0.6 is 11.6 Å². The van der Waals surface area contributed by atoms with Crippen molar-refractivity contribution in [3.63, 3.8) is 0 Å². The molecule has 1 aromatic rings. The number of pyridine rings is 1. The number of aryl methyl sites for hydroxylation is 2. The summed E-state index contributed by atoms with van der Waals surface area (Å²) in [6.07, 6.45) is 0. The Morgan fingerprint density at radius 2 is 2.00 bits per heavy atom. The molecule has 2 aliphatic heterocycles. The molecule has 0 aromatic heterocycles. The number of hydrogen-bond acceptors (Lipinski definition) is 3. The standard InChI is InChI=1S/C15H14ClN3O2/c1-4-19-10-7-8(2)5-6-9(10)12(16)11-13(19)17-15(21)18(3)14(11)20/h5-7H,4H2,1-3H3. The lowest BCUT2D eigenvalue weighted by atomic mass is 10.1. The number of benzene rings is 1. The van der Waals surface area contributed by atoms with Gasteiger partial charge in [0.2, 0.25) is 0 Å². The number of hydrogen-bond donors (Lipinski definition) is 0. The van der Waals surface area contributed by atoms with E-state index >= 15 is 0 Å². The molecule has 0 radical (unpaired) electrons. The van der Waals surface area contributed by atoms with Crippen molar-refractivity contribution in [1.82, 2.24) is 14.1 Å². The van der Waals surface area contributed by atoms with Gasteiger partial charge in [0.05, 0.1) is 10.5 Å². The van der Waals surface area contributed by atoms with E-state index in [1.54, 1.807) is 0 Å². The lowest BCUT2D eigenvalue weighted by molar-refractivity contribution is 0.725. The first-order chi connectivity index (χ1) is 9.95. The molecule has 0 unspecified atom stereocenters. The molecule has 0 spiro atoms. The zero-order valence-electron chi connectivity index (χ0n) is 12.0. The summed E-state index contributed by atoms with van der Waals surface area (Å²) in [4.78, 5) is 28.2. The number of rotatable bonds is 1. The van der Waals surface area contributed by atoms with Crippen molar-refractivity contribution < 1.29 is 0 Å². The summed E-state index contributed by atoms with van der Waals surface area (Å²) in [7, 11) is 1.41. The topological polar surface area (TPSA) is 56.9 Å². The molecule has 6 heteroatoms.